The Morgan fingerprint density at radius 1 is 1.26 bits per heavy atom. The van der Waals surface area contributed by atoms with Gasteiger partial charge in [-0.25, -0.2) is 0 Å². The van der Waals surface area contributed by atoms with Crippen molar-refractivity contribution >= 4 is 28.6 Å². The molecule has 0 saturated carbocycles. The Morgan fingerprint density at radius 2 is 2.22 bits per heavy atom. The highest BCUT2D eigenvalue weighted by Gasteiger charge is 2.27. The van der Waals surface area contributed by atoms with E-state index in [0.29, 0.717) is 18.4 Å². The highest BCUT2D eigenvalue weighted by molar-refractivity contribution is 7.10. The van der Waals surface area contributed by atoms with Crippen LogP contribution in [0.2, 0.25) is 0 Å². The van der Waals surface area contributed by atoms with Crippen LogP contribution < -0.4 is 0 Å². The Morgan fingerprint density at radius 3 is 3.09 bits per heavy atom. The fourth-order valence-corrected chi connectivity index (χ4v) is 5.39. The largest absolute Gasteiger partial charge is 0.338 e. The SMILES string of the molecule is O=C(CCN1CCC[C@@H]1c1ccsc1)N1CCc2sccc2C1. The first-order valence-electron chi connectivity index (χ1n) is 8.40. The predicted octanol–water partition coefficient (Wildman–Crippen LogP) is 3.92. The maximum atomic E-state index is 12.6. The molecule has 2 aromatic heterocycles. The van der Waals surface area contributed by atoms with Gasteiger partial charge in [-0.15, -0.1) is 11.3 Å². The molecular formula is C18H22N2OS2. The molecule has 4 rings (SSSR count). The number of carbonyl (C=O) groups excluding carboxylic acids is 1. The third-order valence-corrected chi connectivity index (χ3v) is 6.79. The molecule has 23 heavy (non-hydrogen) atoms. The smallest absolute Gasteiger partial charge is 0.224 e. The van der Waals surface area contributed by atoms with E-state index < -0.39 is 0 Å². The van der Waals surface area contributed by atoms with Crippen LogP contribution in [0.1, 0.15) is 41.3 Å². The average molecular weight is 347 g/mol. The third kappa shape index (κ3) is 3.23. The van der Waals surface area contributed by atoms with Gasteiger partial charge in [0.15, 0.2) is 0 Å². The Labute approximate surface area is 145 Å². The number of fused-ring (bicyclic) bond motifs is 1. The van der Waals surface area contributed by atoms with Gasteiger partial charge in [-0.1, -0.05) is 0 Å². The summed E-state index contributed by atoms with van der Waals surface area (Å²) in [5.41, 5.74) is 2.78. The van der Waals surface area contributed by atoms with Gasteiger partial charge < -0.3 is 4.90 Å². The lowest BCUT2D eigenvalue weighted by molar-refractivity contribution is -0.132. The third-order valence-electron chi connectivity index (χ3n) is 5.06. The van der Waals surface area contributed by atoms with Crippen molar-refractivity contribution in [2.45, 2.75) is 38.3 Å². The lowest BCUT2D eigenvalue weighted by atomic mass is 10.1. The number of amides is 1. The van der Waals surface area contributed by atoms with E-state index in [9.17, 15) is 4.79 Å². The molecule has 0 N–H and O–H groups in total. The molecule has 2 aromatic rings. The number of thiophene rings is 2. The molecule has 0 radical (unpaired) electrons. The van der Waals surface area contributed by atoms with Crippen LogP contribution in [0.15, 0.2) is 28.3 Å². The normalized spacial score (nSPS) is 21.6. The summed E-state index contributed by atoms with van der Waals surface area (Å²) in [6.07, 6.45) is 4.16. The second-order valence-corrected chi connectivity index (χ2v) is 8.22. The van der Waals surface area contributed by atoms with Crippen molar-refractivity contribution in [2.24, 2.45) is 0 Å². The highest BCUT2D eigenvalue weighted by Crippen LogP contribution is 2.33. The van der Waals surface area contributed by atoms with Crippen molar-refractivity contribution < 1.29 is 4.79 Å². The van der Waals surface area contributed by atoms with E-state index in [0.717, 1.165) is 32.6 Å². The van der Waals surface area contributed by atoms with Gasteiger partial charge in [-0.2, -0.15) is 11.3 Å². The van der Waals surface area contributed by atoms with Crippen molar-refractivity contribution in [1.29, 1.82) is 0 Å². The van der Waals surface area contributed by atoms with Crippen molar-refractivity contribution in [3.05, 3.63) is 44.3 Å². The summed E-state index contributed by atoms with van der Waals surface area (Å²) >= 11 is 3.60. The van der Waals surface area contributed by atoms with E-state index in [1.54, 1.807) is 11.3 Å². The summed E-state index contributed by atoms with van der Waals surface area (Å²) in [4.78, 5) is 18.6. The Balaban J connectivity index is 1.33. The molecule has 0 bridgehead atoms. The van der Waals surface area contributed by atoms with Crippen LogP contribution >= 0.6 is 22.7 Å². The zero-order chi connectivity index (χ0) is 15.6. The van der Waals surface area contributed by atoms with Gasteiger partial charge in [0.2, 0.25) is 5.91 Å². The van der Waals surface area contributed by atoms with E-state index in [-0.39, 0.29) is 0 Å². The molecule has 0 aliphatic carbocycles. The molecule has 1 saturated heterocycles. The molecule has 1 fully saturated rings. The van der Waals surface area contributed by atoms with Crippen molar-refractivity contribution in [3.8, 4) is 0 Å². The van der Waals surface area contributed by atoms with Crippen molar-refractivity contribution in [2.75, 3.05) is 19.6 Å². The molecule has 5 heteroatoms. The minimum absolute atomic E-state index is 0.317. The predicted molar refractivity (Wildman–Crippen MR) is 95.9 cm³/mol. The van der Waals surface area contributed by atoms with Crippen LogP contribution in [0, 0.1) is 0 Å². The summed E-state index contributed by atoms with van der Waals surface area (Å²) in [5, 5.41) is 6.56. The molecule has 0 unspecified atom stereocenters. The van der Waals surface area contributed by atoms with Crippen molar-refractivity contribution in [1.82, 2.24) is 9.80 Å². The van der Waals surface area contributed by atoms with E-state index >= 15 is 0 Å². The molecule has 0 aromatic carbocycles. The second-order valence-electron chi connectivity index (χ2n) is 6.43. The van der Waals surface area contributed by atoms with E-state index in [1.807, 2.05) is 16.2 Å². The van der Waals surface area contributed by atoms with E-state index in [1.165, 1.54) is 28.8 Å². The summed E-state index contributed by atoms with van der Waals surface area (Å²) in [5.74, 6) is 0.317. The molecule has 2 aliphatic heterocycles. The Kier molecular flexibility index (Phi) is 4.51. The number of rotatable bonds is 4. The second kappa shape index (κ2) is 6.75. The number of hydrogen-bond acceptors (Lipinski definition) is 4. The number of hydrogen-bond donors (Lipinski definition) is 0. The van der Waals surface area contributed by atoms with Gasteiger partial charge in [0.1, 0.15) is 0 Å². The maximum Gasteiger partial charge on any atom is 0.224 e. The monoisotopic (exact) mass is 346 g/mol. The average Bonchev–Trinajstić information content (AvgIpc) is 3.31. The minimum Gasteiger partial charge on any atom is -0.338 e. The van der Waals surface area contributed by atoms with Gasteiger partial charge in [-0.05, 0) is 65.2 Å². The van der Waals surface area contributed by atoms with Crippen molar-refractivity contribution in [3.63, 3.8) is 0 Å². The molecule has 0 spiro atoms. The minimum atomic E-state index is 0.317. The molecule has 1 amide bonds. The van der Waals surface area contributed by atoms with Crippen LogP contribution in [0.25, 0.3) is 0 Å². The van der Waals surface area contributed by atoms with E-state index in [4.69, 9.17) is 0 Å². The van der Waals surface area contributed by atoms with Crippen LogP contribution in [0.4, 0.5) is 0 Å². The molecule has 4 heterocycles. The first-order chi connectivity index (χ1) is 11.3. The van der Waals surface area contributed by atoms with Crippen LogP contribution in [-0.2, 0) is 17.8 Å². The van der Waals surface area contributed by atoms with Gasteiger partial charge in [0.05, 0.1) is 0 Å². The number of nitrogens with zero attached hydrogens (tertiary/aromatic N) is 2. The molecule has 2 aliphatic rings. The van der Waals surface area contributed by atoms with Gasteiger partial charge in [-0.3, -0.25) is 9.69 Å². The van der Waals surface area contributed by atoms with Crippen LogP contribution in [0.5, 0.6) is 0 Å². The molecule has 122 valence electrons. The van der Waals surface area contributed by atoms with Crippen LogP contribution in [0.3, 0.4) is 0 Å². The summed E-state index contributed by atoms with van der Waals surface area (Å²) in [6, 6.07) is 4.93. The van der Waals surface area contributed by atoms with Gasteiger partial charge in [0, 0.05) is 37.0 Å². The lowest BCUT2D eigenvalue weighted by Crippen LogP contribution is -2.37. The van der Waals surface area contributed by atoms with Gasteiger partial charge in [0.25, 0.3) is 0 Å². The van der Waals surface area contributed by atoms with Crippen LogP contribution in [-0.4, -0.2) is 35.3 Å². The Bertz CT molecular complexity index is 664. The maximum absolute atomic E-state index is 12.6. The Hall–Kier alpha value is -1.17. The molecule has 3 nitrogen and oxygen atoms in total. The molecular weight excluding hydrogens is 324 g/mol. The fraction of sp³-hybridized carbons (Fsp3) is 0.500. The molecule has 1 atom stereocenters. The highest BCUT2D eigenvalue weighted by atomic mass is 32.1. The number of carbonyl (C=O) groups is 1. The first kappa shape index (κ1) is 15.4. The summed E-state index contributed by atoms with van der Waals surface area (Å²) in [6.45, 7) is 3.72. The summed E-state index contributed by atoms with van der Waals surface area (Å²) in [7, 11) is 0. The van der Waals surface area contributed by atoms with Gasteiger partial charge >= 0.3 is 0 Å². The first-order valence-corrected chi connectivity index (χ1v) is 10.2. The fourth-order valence-electron chi connectivity index (χ4n) is 3.79. The lowest BCUT2D eigenvalue weighted by Gasteiger charge is -2.29. The topological polar surface area (TPSA) is 23.6 Å². The summed E-state index contributed by atoms with van der Waals surface area (Å²) < 4.78 is 0. The zero-order valence-electron chi connectivity index (χ0n) is 13.2. The quantitative estimate of drug-likeness (QED) is 0.838. The zero-order valence-corrected chi connectivity index (χ0v) is 14.9. The standard InChI is InChI=1S/C18H22N2OS2/c21-18(20-8-3-17-14(12-20)6-11-23-17)4-9-19-7-1-2-16(19)15-5-10-22-13-15/h5-6,10-11,13,16H,1-4,7-9,12H2/t16-/m1/s1. The number of likely N-dealkylation sites (tertiary alicyclic amines) is 1. The van der Waals surface area contributed by atoms with E-state index in [2.05, 4.69) is 33.2 Å².